The molecule has 1 amide bonds. The van der Waals surface area contributed by atoms with E-state index in [0.717, 1.165) is 45.7 Å². The molecule has 1 unspecified atom stereocenters. The average molecular weight is 409 g/mol. The summed E-state index contributed by atoms with van der Waals surface area (Å²) in [6.45, 7) is 2.96. The number of pyridine rings is 2. The average Bonchev–Trinajstić information content (AvgIpc) is 3.35. The van der Waals surface area contributed by atoms with Gasteiger partial charge in [0.2, 0.25) is 5.91 Å². The highest BCUT2D eigenvalue weighted by molar-refractivity contribution is 6.03. The van der Waals surface area contributed by atoms with Gasteiger partial charge < -0.3 is 5.73 Å². The SMILES string of the molecule is Cc1cccc(-c2nn3c(c2-c2ccnc4ccc(C(N)=O)cc24)[C@H]2CCC(C2)C3)n1. The van der Waals surface area contributed by atoms with Crippen LogP contribution in [0.15, 0.2) is 48.7 Å². The molecule has 1 fully saturated rings. The fourth-order valence-electron chi connectivity index (χ4n) is 5.40. The smallest absolute Gasteiger partial charge is 0.248 e. The first-order valence-corrected chi connectivity index (χ1v) is 10.8. The maximum Gasteiger partial charge on any atom is 0.248 e. The molecule has 6 nitrogen and oxygen atoms in total. The Labute approximate surface area is 180 Å². The van der Waals surface area contributed by atoms with E-state index in [2.05, 4.69) is 9.67 Å². The Kier molecular flexibility index (Phi) is 3.96. The first-order valence-electron chi connectivity index (χ1n) is 10.8. The number of aromatic nitrogens is 4. The number of carbonyl (C=O) groups is 1. The largest absolute Gasteiger partial charge is 0.366 e. The summed E-state index contributed by atoms with van der Waals surface area (Å²) in [6.07, 6.45) is 5.50. The summed E-state index contributed by atoms with van der Waals surface area (Å²) >= 11 is 0. The van der Waals surface area contributed by atoms with Gasteiger partial charge in [0, 0.05) is 40.9 Å². The van der Waals surface area contributed by atoms with E-state index < -0.39 is 5.91 Å². The molecule has 1 aliphatic heterocycles. The summed E-state index contributed by atoms with van der Waals surface area (Å²) in [4.78, 5) is 21.2. The van der Waals surface area contributed by atoms with Gasteiger partial charge in [-0.05, 0) is 74.1 Å². The minimum atomic E-state index is -0.437. The van der Waals surface area contributed by atoms with Crippen LogP contribution in [0.4, 0.5) is 0 Å². The van der Waals surface area contributed by atoms with E-state index in [9.17, 15) is 4.79 Å². The van der Waals surface area contributed by atoms with E-state index in [1.165, 1.54) is 25.0 Å². The molecule has 31 heavy (non-hydrogen) atoms. The Morgan fingerprint density at radius 2 is 2.06 bits per heavy atom. The number of primary amides is 1. The van der Waals surface area contributed by atoms with E-state index in [4.69, 9.17) is 15.8 Å². The Morgan fingerprint density at radius 3 is 2.90 bits per heavy atom. The second-order valence-corrected chi connectivity index (χ2v) is 8.79. The first kappa shape index (κ1) is 18.2. The standard InChI is InChI=1S/C25H23N5O/c1-14-3-2-4-21(28-14)23-22(24-16-6-5-15(11-16)13-30(24)29-23)18-9-10-27-20-8-7-17(25(26)31)12-19(18)20/h2-4,7-10,12,15-16H,5-6,11,13H2,1H3,(H2,26,31)/t15?,16-/m0/s1. The van der Waals surface area contributed by atoms with Crippen LogP contribution < -0.4 is 5.73 Å². The Hall–Kier alpha value is -3.54. The van der Waals surface area contributed by atoms with E-state index >= 15 is 0 Å². The minimum Gasteiger partial charge on any atom is -0.366 e. The van der Waals surface area contributed by atoms with Crippen LogP contribution in [-0.2, 0) is 6.54 Å². The second kappa shape index (κ2) is 6.74. The number of hydrogen-bond donors (Lipinski definition) is 1. The van der Waals surface area contributed by atoms with Crippen molar-refractivity contribution in [1.82, 2.24) is 19.7 Å². The zero-order chi connectivity index (χ0) is 21.1. The third-order valence-corrected chi connectivity index (χ3v) is 6.78. The predicted molar refractivity (Wildman–Crippen MR) is 120 cm³/mol. The molecule has 0 radical (unpaired) electrons. The number of fused-ring (bicyclic) bond motifs is 5. The van der Waals surface area contributed by atoms with Gasteiger partial charge in [-0.1, -0.05) is 6.07 Å². The molecule has 1 aliphatic carbocycles. The van der Waals surface area contributed by atoms with E-state index in [-0.39, 0.29) is 0 Å². The fourth-order valence-corrected chi connectivity index (χ4v) is 5.40. The van der Waals surface area contributed by atoms with Crippen molar-refractivity contribution in [3.8, 4) is 22.5 Å². The lowest BCUT2D eigenvalue weighted by Gasteiger charge is -2.22. The Morgan fingerprint density at radius 1 is 1.16 bits per heavy atom. The van der Waals surface area contributed by atoms with Gasteiger partial charge in [-0.15, -0.1) is 0 Å². The zero-order valence-electron chi connectivity index (χ0n) is 17.4. The molecule has 0 spiro atoms. The van der Waals surface area contributed by atoms with Crippen molar-refractivity contribution in [1.29, 1.82) is 0 Å². The second-order valence-electron chi connectivity index (χ2n) is 8.79. The number of nitrogens with zero attached hydrogens (tertiary/aromatic N) is 4. The van der Waals surface area contributed by atoms with Gasteiger partial charge in [0.1, 0.15) is 5.69 Å². The highest BCUT2D eigenvalue weighted by atomic mass is 16.1. The van der Waals surface area contributed by atoms with Gasteiger partial charge in [-0.25, -0.2) is 0 Å². The summed E-state index contributed by atoms with van der Waals surface area (Å²) in [7, 11) is 0. The van der Waals surface area contributed by atoms with Crippen LogP contribution >= 0.6 is 0 Å². The van der Waals surface area contributed by atoms with Crippen LogP contribution in [-0.4, -0.2) is 25.7 Å². The summed E-state index contributed by atoms with van der Waals surface area (Å²) in [5, 5.41) is 6.01. The van der Waals surface area contributed by atoms with Crippen molar-refractivity contribution in [3.05, 3.63) is 65.6 Å². The molecule has 1 saturated carbocycles. The van der Waals surface area contributed by atoms with Crippen LogP contribution in [0.25, 0.3) is 33.4 Å². The number of rotatable bonds is 3. The lowest BCUT2D eigenvalue weighted by Crippen LogP contribution is -2.18. The van der Waals surface area contributed by atoms with Crippen molar-refractivity contribution in [2.24, 2.45) is 11.7 Å². The number of hydrogen-bond acceptors (Lipinski definition) is 4. The third-order valence-electron chi connectivity index (χ3n) is 6.78. The molecule has 2 atom stereocenters. The van der Waals surface area contributed by atoms with Crippen LogP contribution in [0, 0.1) is 12.8 Å². The molecule has 1 aromatic carbocycles. The Bertz CT molecular complexity index is 1360. The van der Waals surface area contributed by atoms with Crippen molar-refractivity contribution in [2.75, 3.05) is 0 Å². The highest BCUT2D eigenvalue weighted by Gasteiger charge is 2.38. The third kappa shape index (κ3) is 2.86. The molecule has 6 rings (SSSR count). The van der Waals surface area contributed by atoms with Gasteiger partial charge in [0.05, 0.1) is 16.9 Å². The highest BCUT2D eigenvalue weighted by Crippen LogP contribution is 2.49. The van der Waals surface area contributed by atoms with Crippen LogP contribution in [0.3, 0.4) is 0 Å². The molecule has 2 N–H and O–H groups in total. The van der Waals surface area contributed by atoms with E-state index in [1.807, 2.05) is 49.5 Å². The maximum absolute atomic E-state index is 11.9. The lowest BCUT2D eigenvalue weighted by atomic mass is 9.89. The lowest BCUT2D eigenvalue weighted by molar-refractivity contribution is 0.100. The van der Waals surface area contributed by atoms with E-state index in [0.29, 0.717) is 17.4 Å². The topological polar surface area (TPSA) is 86.7 Å². The number of carbonyl (C=O) groups excluding carboxylic acids is 1. The van der Waals surface area contributed by atoms with Crippen molar-refractivity contribution in [2.45, 2.75) is 38.6 Å². The van der Waals surface area contributed by atoms with Gasteiger partial charge in [-0.3, -0.25) is 19.4 Å². The van der Waals surface area contributed by atoms with Crippen LogP contribution in [0.5, 0.6) is 0 Å². The summed E-state index contributed by atoms with van der Waals surface area (Å²) in [5.41, 5.74) is 13.1. The van der Waals surface area contributed by atoms with Crippen molar-refractivity contribution in [3.63, 3.8) is 0 Å². The number of nitrogens with two attached hydrogens (primary N) is 1. The summed E-state index contributed by atoms with van der Waals surface area (Å²) < 4.78 is 2.21. The first-order chi connectivity index (χ1) is 15.1. The van der Waals surface area contributed by atoms with Gasteiger partial charge in [-0.2, -0.15) is 5.10 Å². The van der Waals surface area contributed by atoms with Gasteiger partial charge in [0.25, 0.3) is 0 Å². The molecule has 4 aromatic rings. The number of amides is 1. The normalized spacial score (nSPS) is 19.5. The van der Waals surface area contributed by atoms with Gasteiger partial charge in [0.15, 0.2) is 0 Å². The van der Waals surface area contributed by atoms with E-state index in [1.54, 1.807) is 6.07 Å². The monoisotopic (exact) mass is 409 g/mol. The number of benzene rings is 1. The van der Waals surface area contributed by atoms with Crippen molar-refractivity contribution >= 4 is 16.8 Å². The molecular weight excluding hydrogens is 386 g/mol. The van der Waals surface area contributed by atoms with Crippen molar-refractivity contribution < 1.29 is 4.79 Å². The van der Waals surface area contributed by atoms with Crippen LogP contribution in [0.2, 0.25) is 0 Å². The fraction of sp³-hybridized carbons (Fsp3) is 0.280. The van der Waals surface area contributed by atoms with Crippen LogP contribution in [0.1, 0.15) is 46.9 Å². The molecule has 6 heteroatoms. The maximum atomic E-state index is 11.9. The molecule has 154 valence electrons. The van der Waals surface area contributed by atoms with Gasteiger partial charge >= 0.3 is 0 Å². The quantitative estimate of drug-likeness (QED) is 0.541. The molecule has 4 heterocycles. The summed E-state index contributed by atoms with van der Waals surface area (Å²) in [5.74, 6) is 0.773. The Balaban J connectivity index is 1.68. The number of aryl methyl sites for hydroxylation is 1. The molecule has 3 aromatic heterocycles. The summed E-state index contributed by atoms with van der Waals surface area (Å²) in [6, 6.07) is 13.6. The molecular formula is C25H23N5O. The molecule has 0 saturated heterocycles. The minimum absolute atomic E-state index is 0.437. The zero-order valence-corrected chi connectivity index (χ0v) is 17.4. The molecule has 2 bridgehead atoms. The predicted octanol–water partition coefficient (Wildman–Crippen LogP) is 4.46. The molecule has 2 aliphatic rings.